The van der Waals surface area contributed by atoms with Gasteiger partial charge >= 0.3 is 0 Å². The molecule has 5 rings (SSSR count). The molecule has 3 aliphatic rings. The average Bonchev–Trinajstić information content (AvgIpc) is 2.69. The highest BCUT2D eigenvalue weighted by molar-refractivity contribution is 5.45. The maximum atomic E-state index is 10.1. The minimum atomic E-state index is 0.329. The number of phenols is 1. The number of nitrogens with zero attached hydrogens (tertiary/aromatic N) is 1. The van der Waals surface area contributed by atoms with Crippen LogP contribution in [0.3, 0.4) is 0 Å². The molecule has 1 saturated heterocycles. The summed E-state index contributed by atoms with van der Waals surface area (Å²) in [6.07, 6.45) is 8.98. The van der Waals surface area contributed by atoms with Gasteiger partial charge in [0, 0.05) is 18.0 Å². The van der Waals surface area contributed by atoms with Gasteiger partial charge in [0.15, 0.2) is 0 Å². The number of aromatic hydroxyl groups is 1. The summed E-state index contributed by atoms with van der Waals surface area (Å²) in [5, 5.41) is 10.1. The molecule has 2 aliphatic carbocycles. The third-order valence-electron chi connectivity index (χ3n) is 7.74. The highest BCUT2D eigenvalue weighted by atomic mass is 16.3. The molecule has 3 atom stereocenters. The molecule has 0 spiro atoms. The minimum absolute atomic E-state index is 0.329. The van der Waals surface area contributed by atoms with Gasteiger partial charge < -0.3 is 5.11 Å². The highest BCUT2D eigenvalue weighted by Gasteiger charge is 2.53. The molecule has 0 radical (unpaired) electrons. The van der Waals surface area contributed by atoms with Gasteiger partial charge in [-0.05, 0) is 80.3 Å². The molecular formula is C25H31NO. The zero-order valence-corrected chi connectivity index (χ0v) is 16.5. The molecule has 1 heterocycles. The molecule has 2 bridgehead atoms. The lowest BCUT2D eigenvalue weighted by Gasteiger charge is -2.59. The summed E-state index contributed by atoms with van der Waals surface area (Å²) in [6.45, 7) is 4.55. The van der Waals surface area contributed by atoms with Crippen molar-refractivity contribution in [2.75, 3.05) is 13.1 Å². The summed E-state index contributed by atoms with van der Waals surface area (Å²) in [5.74, 6) is 1.22. The molecule has 2 heteroatoms. The fourth-order valence-electron chi connectivity index (χ4n) is 6.38. The predicted molar refractivity (Wildman–Crippen MR) is 110 cm³/mol. The maximum Gasteiger partial charge on any atom is 0.115 e. The molecule has 0 amide bonds. The first-order valence-corrected chi connectivity index (χ1v) is 10.8. The van der Waals surface area contributed by atoms with E-state index >= 15 is 0 Å². The molecule has 1 N–H and O–H groups in total. The standard InChI is InChI=1S/C25H31NO/c1-18-5-7-19(8-6-18)11-14-26-15-13-25-12-3-2-4-22(25)24(26)16-20-9-10-21(27)17-23(20)25/h5-10,17,22,24,27H,2-4,11-16H2,1H3/t22-,24-,25-/m0/s1. The molecule has 2 fully saturated rings. The Morgan fingerprint density at radius 3 is 2.78 bits per heavy atom. The molecule has 142 valence electrons. The van der Waals surface area contributed by atoms with Crippen molar-refractivity contribution >= 4 is 0 Å². The first-order chi connectivity index (χ1) is 13.2. The van der Waals surface area contributed by atoms with E-state index in [-0.39, 0.29) is 0 Å². The van der Waals surface area contributed by atoms with Crippen LogP contribution in [0.4, 0.5) is 0 Å². The van der Waals surface area contributed by atoms with Gasteiger partial charge in [0.1, 0.15) is 5.75 Å². The molecule has 1 aliphatic heterocycles. The zero-order valence-electron chi connectivity index (χ0n) is 16.5. The Bertz CT molecular complexity index is 827. The quantitative estimate of drug-likeness (QED) is 0.831. The van der Waals surface area contributed by atoms with Gasteiger partial charge in [-0.15, -0.1) is 0 Å². The molecule has 2 aromatic carbocycles. The molecular weight excluding hydrogens is 330 g/mol. The number of rotatable bonds is 3. The van der Waals surface area contributed by atoms with Gasteiger partial charge in [0.2, 0.25) is 0 Å². The Hall–Kier alpha value is -1.80. The van der Waals surface area contributed by atoms with Crippen molar-refractivity contribution in [1.29, 1.82) is 0 Å². The van der Waals surface area contributed by atoms with E-state index in [0.29, 0.717) is 17.2 Å². The van der Waals surface area contributed by atoms with E-state index in [4.69, 9.17) is 0 Å². The normalized spacial score (nSPS) is 29.8. The summed E-state index contributed by atoms with van der Waals surface area (Å²) in [4.78, 5) is 2.80. The number of aryl methyl sites for hydroxylation is 1. The molecule has 27 heavy (non-hydrogen) atoms. The van der Waals surface area contributed by atoms with Crippen LogP contribution in [-0.4, -0.2) is 29.1 Å². The molecule has 2 aromatic rings. The van der Waals surface area contributed by atoms with Crippen LogP contribution in [0.15, 0.2) is 42.5 Å². The van der Waals surface area contributed by atoms with Gasteiger partial charge in [-0.1, -0.05) is 48.7 Å². The molecule has 0 aromatic heterocycles. The Morgan fingerprint density at radius 2 is 1.93 bits per heavy atom. The second kappa shape index (κ2) is 6.67. The highest BCUT2D eigenvalue weighted by Crippen LogP contribution is 2.56. The number of benzene rings is 2. The van der Waals surface area contributed by atoms with Crippen LogP contribution in [0.5, 0.6) is 5.75 Å². The third-order valence-corrected chi connectivity index (χ3v) is 7.74. The predicted octanol–water partition coefficient (Wildman–Crippen LogP) is 5.00. The number of phenolic OH excluding ortho intramolecular Hbond substituents is 1. The Kier molecular flexibility index (Phi) is 4.27. The van der Waals surface area contributed by atoms with Crippen molar-refractivity contribution in [3.8, 4) is 5.75 Å². The van der Waals surface area contributed by atoms with Crippen molar-refractivity contribution in [2.45, 2.75) is 63.3 Å². The first kappa shape index (κ1) is 17.3. The Labute approximate surface area is 163 Å². The zero-order chi connectivity index (χ0) is 18.4. The van der Waals surface area contributed by atoms with E-state index in [1.165, 1.54) is 67.4 Å². The second-order valence-electron chi connectivity index (χ2n) is 9.14. The van der Waals surface area contributed by atoms with Crippen LogP contribution >= 0.6 is 0 Å². The van der Waals surface area contributed by atoms with Crippen LogP contribution in [0.25, 0.3) is 0 Å². The summed E-state index contributed by atoms with van der Waals surface area (Å²) >= 11 is 0. The average molecular weight is 362 g/mol. The Morgan fingerprint density at radius 1 is 1.07 bits per heavy atom. The first-order valence-electron chi connectivity index (χ1n) is 10.8. The number of likely N-dealkylation sites (tertiary alicyclic amines) is 1. The summed E-state index contributed by atoms with van der Waals surface area (Å²) in [7, 11) is 0. The maximum absolute atomic E-state index is 10.1. The van der Waals surface area contributed by atoms with E-state index in [1.807, 2.05) is 6.07 Å². The van der Waals surface area contributed by atoms with Crippen LogP contribution < -0.4 is 0 Å². The van der Waals surface area contributed by atoms with Crippen LogP contribution in [-0.2, 0) is 18.3 Å². The number of fused-ring (bicyclic) bond motifs is 1. The summed E-state index contributed by atoms with van der Waals surface area (Å²) < 4.78 is 0. The van der Waals surface area contributed by atoms with Crippen molar-refractivity contribution in [1.82, 2.24) is 4.90 Å². The minimum Gasteiger partial charge on any atom is -0.508 e. The summed E-state index contributed by atoms with van der Waals surface area (Å²) in [5.41, 5.74) is 6.12. The van der Waals surface area contributed by atoms with Gasteiger partial charge in [0.05, 0.1) is 0 Å². The van der Waals surface area contributed by atoms with Gasteiger partial charge in [-0.25, -0.2) is 0 Å². The largest absolute Gasteiger partial charge is 0.508 e. The monoisotopic (exact) mass is 361 g/mol. The molecule has 2 nitrogen and oxygen atoms in total. The van der Waals surface area contributed by atoms with E-state index < -0.39 is 0 Å². The van der Waals surface area contributed by atoms with Crippen molar-refractivity contribution < 1.29 is 5.11 Å². The number of hydrogen-bond acceptors (Lipinski definition) is 2. The van der Waals surface area contributed by atoms with Gasteiger partial charge in [0.25, 0.3) is 0 Å². The molecule has 0 unspecified atom stereocenters. The SMILES string of the molecule is Cc1ccc(CCN2CC[C@@]34CCCC[C@H]3[C@@H]2Cc2ccc(O)cc24)cc1. The smallest absolute Gasteiger partial charge is 0.115 e. The van der Waals surface area contributed by atoms with Crippen molar-refractivity contribution in [3.63, 3.8) is 0 Å². The summed E-state index contributed by atoms with van der Waals surface area (Å²) in [6, 6.07) is 15.9. The fourth-order valence-corrected chi connectivity index (χ4v) is 6.38. The third kappa shape index (κ3) is 2.89. The second-order valence-corrected chi connectivity index (χ2v) is 9.14. The van der Waals surface area contributed by atoms with Gasteiger partial charge in [-0.3, -0.25) is 4.90 Å². The van der Waals surface area contributed by atoms with E-state index in [0.717, 1.165) is 18.8 Å². The fraction of sp³-hybridized carbons (Fsp3) is 0.520. The number of piperidine rings is 1. The Balaban J connectivity index is 1.42. The van der Waals surface area contributed by atoms with E-state index in [2.05, 4.69) is 48.2 Å². The van der Waals surface area contributed by atoms with E-state index in [1.54, 1.807) is 0 Å². The number of hydrogen-bond donors (Lipinski definition) is 1. The topological polar surface area (TPSA) is 23.5 Å². The van der Waals surface area contributed by atoms with Gasteiger partial charge in [-0.2, -0.15) is 0 Å². The lowest BCUT2D eigenvalue weighted by Crippen LogP contribution is -2.61. The van der Waals surface area contributed by atoms with Crippen LogP contribution in [0.2, 0.25) is 0 Å². The lowest BCUT2D eigenvalue weighted by atomic mass is 9.52. The van der Waals surface area contributed by atoms with Crippen LogP contribution in [0, 0.1) is 12.8 Å². The van der Waals surface area contributed by atoms with Crippen molar-refractivity contribution in [3.05, 3.63) is 64.7 Å². The van der Waals surface area contributed by atoms with E-state index in [9.17, 15) is 5.11 Å². The lowest BCUT2D eigenvalue weighted by molar-refractivity contribution is -0.0106. The van der Waals surface area contributed by atoms with Crippen LogP contribution in [0.1, 0.15) is 54.4 Å². The van der Waals surface area contributed by atoms with Crippen molar-refractivity contribution in [2.24, 2.45) is 5.92 Å². The molecule has 1 saturated carbocycles.